The predicted molar refractivity (Wildman–Crippen MR) is 94.4 cm³/mol. The molecule has 2 aromatic rings. The highest BCUT2D eigenvalue weighted by atomic mass is 16.5. The highest BCUT2D eigenvalue weighted by molar-refractivity contribution is 5.99. The van der Waals surface area contributed by atoms with Crippen molar-refractivity contribution in [3.63, 3.8) is 0 Å². The first-order valence-corrected chi connectivity index (χ1v) is 8.42. The van der Waals surface area contributed by atoms with Crippen LogP contribution in [0, 0.1) is 11.3 Å². The Labute approximate surface area is 146 Å². The topological polar surface area (TPSA) is 50.1 Å². The molecular formula is C22H17NO2. The van der Waals surface area contributed by atoms with Crippen LogP contribution in [0.4, 0.5) is 0 Å². The van der Waals surface area contributed by atoms with Crippen LogP contribution >= 0.6 is 0 Å². The van der Waals surface area contributed by atoms with E-state index in [1.165, 1.54) is 0 Å². The van der Waals surface area contributed by atoms with Crippen LogP contribution in [0.25, 0.3) is 0 Å². The first-order valence-electron chi connectivity index (χ1n) is 8.42. The van der Waals surface area contributed by atoms with E-state index < -0.39 is 0 Å². The van der Waals surface area contributed by atoms with Crippen molar-refractivity contribution in [2.75, 3.05) is 0 Å². The molecule has 1 aliphatic carbocycles. The van der Waals surface area contributed by atoms with Crippen molar-refractivity contribution >= 4 is 5.78 Å². The Bertz CT molecular complexity index is 904. The summed E-state index contributed by atoms with van der Waals surface area (Å²) < 4.78 is 5.77. The maximum absolute atomic E-state index is 12.9. The number of benzene rings is 2. The van der Waals surface area contributed by atoms with E-state index >= 15 is 0 Å². The minimum absolute atomic E-state index is 0.0990. The fourth-order valence-electron chi connectivity index (χ4n) is 3.68. The van der Waals surface area contributed by atoms with Gasteiger partial charge >= 0.3 is 0 Å². The van der Waals surface area contributed by atoms with Crippen LogP contribution in [-0.4, -0.2) is 5.78 Å². The lowest BCUT2D eigenvalue weighted by atomic mass is 9.76. The zero-order valence-electron chi connectivity index (χ0n) is 13.7. The number of ketones is 1. The van der Waals surface area contributed by atoms with Crippen molar-refractivity contribution < 1.29 is 9.53 Å². The predicted octanol–water partition coefficient (Wildman–Crippen LogP) is 4.61. The number of Topliss-reactive ketones (excluding diaryl/α,β-unsaturated/α-hetero) is 1. The molecule has 1 heterocycles. The second-order valence-corrected chi connectivity index (χ2v) is 6.41. The van der Waals surface area contributed by atoms with Crippen molar-refractivity contribution in [3.8, 4) is 6.07 Å². The van der Waals surface area contributed by atoms with Crippen LogP contribution in [0.15, 0.2) is 83.8 Å². The number of ether oxygens (including phenoxy) is 1. The van der Waals surface area contributed by atoms with Crippen molar-refractivity contribution in [2.45, 2.75) is 24.7 Å². The molecule has 3 heteroatoms. The average molecular weight is 327 g/mol. The van der Waals surface area contributed by atoms with Gasteiger partial charge in [0.1, 0.15) is 11.8 Å². The highest BCUT2D eigenvalue weighted by Crippen LogP contribution is 2.44. The molecule has 0 amide bonds. The van der Waals surface area contributed by atoms with E-state index in [0.717, 1.165) is 11.1 Å². The molecule has 2 unspecified atom stereocenters. The summed E-state index contributed by atoms with van der Waals surface area (Å²) in [6.07, 6.45) is 2.88. The number of carbonyl (C=O) groups excluding carboxylic acids is 1. The molecule has 25 heavy (non-hydrogen) atoms. The smallest absolute Gasteiger partial charge is 0.200 e. The van der Waals surface area contributed by atoms with Gasteiger partial charge in [0.2, 0.25) is 5.76 Å². The largest absolute Gasteiger partial charge is 0.450 e. The summed E-state index contributed by atoms with van der Waals surface area (Å²) in [6, 6.07) is 21.9. The third kappa shape index (κ3) is 2.88. The molecule has 0 bridgehead atoms. The minimum atomic E-state index is -0.205. The molecule has 0 saturated heterocycles. The van der Waals surface area contributed by atoms with E-state index in [4.69, 9.17) is 4.74 Å². The third-order valence-corrected chi connectivity index (χ3v) is 4.87. The van der Waals surface area contributed by atoms with Crippen molar-refractivity contribution in [3.05, 3.63) is 95.0 Å². The summed E-state index contributed by atoms with van der Waals surface area (Å²) in [7, 11) is 0. The van der Waals surface area contributed by atoms with Crippen LogP contribution in [0.5, 0.6) is 0 Å². The Hall–Kier alpha value is -3.12. The Morgan fingerprint density at radius 1 is 0.920 bits per heavy atom. The standard InChI is InChI=1S/C22H17NO2/c23-14-18-13-19(16-9-5-2-6-10-16)22-20(24)11-17(12-21(22)25-18)15-7-3-1-4-8-15/h1-10,13,17,19H,11-12H2. The normalized spacial score (nSPS) is 22.5. The summed E-state index contributed by atoms with van der Waals surface area (Å²) in [6.45, 7) is 0. The Balaban J connectivity index is 1.75. The van der Waals surface area contributed by atoms with Gasteiger partial charge in [-0.2, -0.15) is 5.26 Å². The van der Waals surface area contributed by atoms with E-state index in [9.17, 15) is 10.1 Å². The van der Waals surface area contributed by atoms with Gasteiger partial charge in [0, 0.05) is 24.3 Å². The first-order chi connectivity index (χ1) is 12.3. The lowest BCUT2D eigenvalue weighted by Gasteiger charge is -2.32. The molecule has 0 radical (unpaired) electrons. The van der Waals surface area contributed by atoms with Gasteiger partial charge in [0.05, 0.1) is 0 Å². The molecule has 4 rings (SSSR count). The van der Waals surface area contributed by atoms with Crippen molar-refractivity contribution in [1.82, 2.24) is 0 Å². The fraction of sp³-hybridized carbons (Fsp3) is 0.182. The van der Waals surface area contributed by atoms with Crippen molar-refractivity contribution in [2.24, 2.45) is 0 Å². The van der Waals surface area contributed by atoms with Gasteiger partial charge in [-0.1, -0.05) is 60.7 Å². The molecule has 0 fully saturated rings. The van der Waals surface area contributed by atoms with Gasteiger partial charge in [0.15, 0.2) is 5.78 Å². The number of hydrogen-bond acceptors (Lipinski definition) is 3. The monoisotopic (exact) mass is 327 g/mol. The maximum atomic E-state index is 12.9. The lowest BCUT2D eigenvalue weighted by molar-refractivity contribution is -0.117. The molecule has 0 aromatic heterocycles. The van der Waals surface area contributed by atoms with Gasteiger partial charge in [-0.05, 0) is 23.1 Å². The number of carbonyl (C=O) groups is 1. The summed E-state index contributed by atoms with van der Waals surface area (Å²) in [5, 5.41) is 9.34. The summed E-state index contributed by atoms with van der Waals surface area (Å²) >= 11 is 0. The van der Waals surface area contributed by atoms with Gasteiger partial charge in [-0.15, -0.1) is 0 Å². The van der Waals surface area contributed by atoms with E-state index in [-0.39, 0.29) is 23.4 Å². The molecule has 2 aromatic carbocycles. The zero-order chi connectivity index (χ0) is 17.2. The maximum Gasteiger partial charge on any atom is 0.200 e. The van der Waals surface area contributed by atoms with Gasteiger partial charge in [-0.25, -0.2) is 0 Å². The van der Waals surface area contributed by atoms with Crippen LogP contribution in [0.2, 0.25) is 0 Å². The van der Waals surface area contributed by atoms with Gasteiger partial charge in [-0.3, -0.25) is 4.79 Å². The van der Waals surface area contributed by atoms with E-state index in [1.54, 1.807) is 6.08 Å². The second kappa shape index (κ2) is 6.41. The Morgan fingerprint density at radius 3 is 2.20 bits per heavy atom. The molecule has 2 aliphatic rings. The summed E-state index contributed by atoms with van der Waals surface area (Å²) in [5.41, 5.74) is 2.85. The fourth-order valence-corrected chi connectivity index (χ4v) is 3.68. The minimum Gasteiger partial charge on any atom is -0.450 e. The number of nitrogens with zero attached hydrogens (tertiary/aromatic N) is 1. The van der Waals surface area contributed by atoms with E-state index in [2.05, 4.69) is 6.07 Å². The quantitative estimate of drug-likeness (QED) is 0.809. The second-order valence-electron chi connectivity index (χ2n) is 6.41. The average Bonchev–Trinajstić information content (AvgIpc) is 2.68. The molecule has 1 aliphatic heterocycles. The van der Waals surface area contributed by atoms with Crippen LogP contribution < -0.4 is 0 Å². The number of nitriles is 1. The SMILES string of the molecule is N#CC1=CC(c2ccccc2)C2=C(CC(c3ccccc3)CC2=O)O1. The molecule has 3 nitrogen and oxygen atoms in total. The molecule has 0 saturated carbocycles. The Kier molecular flexibility index (Phi) is 3.95. The number of allylic oxidation sites excluding steroid dienone is 4. The molecule has 122 valence electrons. The van der Waals surface area contributed by atoms with Crippen LogP contribution in [0.1, 0.15) is 35.8 Å². The van der Waals surface area contributed by atoms with Crippen LogP contribution in [0.3, 0.4) is 0 Å². The molecule has 0 N–H and O–H groups in total. The zero-order valence-corrected chi connectivity index (χ0v) is 13.7. The summed E-state index contributed by atoms with van der Waals surface area (Å²) in [4.78, 5) is 12.9. The highest BCUT2D eigenvalue weighted by Gasteiger charge is 2.37. The molecule has 2 atom stereocenters. The number of hydrogen-bond donors (Lipinski definition) is 0. The third-order valence-electron chi connectivity index (χ3n) is 4.87. The lowest BCUT2D eigenvalue weighted by Crippen LogP contribution is -2.25. The number of rotatable bonds is 2. The van der Waals surface area contributed by atoms with Gasteiger partial charge in [0.25, 0.3) is 0 Å². The van der Waals surface area contributed by atoms with Crippen molar-refractivity contribution in [1.29, 1.82) is 5.26 Å². The Morgan fingerprint density at radius 2 is 1.56 bits per heavy atom. The molecule has 0 spiro atoms. The van der Waals surface area contributed by atoms with Gasteiger partial charge < -0.3 is 4.74 Å². The molecular weight excluding hydrogens is 310 g/mol. The first kappa shape index (κ1) is 15.4. The summed E-state index contributed by atoms with van der Waals surface area (Å²) in [5.74, 6) is 0.926. The van der Waals surface area contributed by atoms with E-state index in [1.807, 2.05) is 60.7 Å². The van der Waals surface area contributed by atoms with Crippen LogP contribution in [-0.2, 0) is 9.53 Å². The van der Waals surface area contributed by atoms with E-state index in [0.29, 0.717) is 24.2 Å².